The topological polar surface area (TPSA) is 47.3 Å². The van der Waals surface area contributed by atoms with Gasteiger partial charge in [-0.15, -0.1) is 0 Å². The predicted octanol–water partition coefficient (Wildman–Crippen LogP) is 2.94. The highest BCUT2D eigenvalue weighted by molar-refractivity contribution is 4.71. The molecule has 1 aliphatic rings. The van der Waals surface area contributed by atoms with Crippen molar-refractivity contribution in [1.29, 1.82) is 0 Å². The Kier molecular flexibility index (Phi) is 10.4. The minimum Gasteiger partial charge on any atom is -0.381 e. The molecular weight excluding hydrogens is 236 g/mol. The van der Waals surface area contributed by atoms with Crippen LogP contribution in [0.15, 0.2) is 0 Å². The van der Waals surface area contributed by atoms with Gasteiger partial charge in [-0.1, -0.05) is 19.8 Å². The summed E-state index contributed by atoms with van der Waals surface area (Å²) in [5.74, 6) is 1.74. The molecule has 19 heavy (non-hydrogen) atoms. The van der Waals surface area contributed by atoms with Crippen molar-refractivity contribution in [2.45, 2.75) is 58.3 Å². The summed E-state index contributed by atoms with van der Waals surface area (Å²) in [6.07, 6.45) is 10.4. The molecule has 3 N–H and O–H groups in total. The molecule has 1 fully saturated rings. The zero-order valence-electron chi connectivity index (χ0n) is 12.8. The number of nitrogens with one attached hydrogen (secondary N) is 1. The Balaban J connectivity index is 1.78. The summed E-state index contributed by atoms with van der Waals surface area (Å²) in [6, 6.07) is 0. The smallest absolute Gasteiger partial charge is 0.0494 e. The second-order valence-corrected chi connectivity index (χ2v) is 6.00. The summed E-state index contributed by atoms with van der Waals surface area (Å²) in [5.41, 5.74) is 5.65. The van der Waals surface area contributed by atoms with Crippen molar-refractivity contribution >= 4 is 0 Å². The number of hydrogen-bond donors (Lipinski definition) is 2. The molecule has 1 aliphatic carbocycles. The van der Waals surface area contributed by atoms with Crippen molar-refractivity contribution in [3.63, 3.8) is 0 Å². The normalized spacial score (nSPS) is 16.7. The van der Waals surface area contributed by atoms with Gasteiger partial charge in [0.15, 0.2) is 0 Å². The number of rotatable bonds is 14. The molecular formula is C16H34N2O. The minimum atomic E-state index is 0.844. The Morgan fingerprint density at radius 2 is 1.95 bits per heavy atom. The van der Waals surface area contributed by atoms with Crippen LogP contribution in [0.1, 0.15) is 58.3 Å². The molecule has 0 amide bonds. The molecule has 3 nitrogen and oxygen atoms in total. The van der Waals surface area contributed by atoms with Gasteiger partial charge < -0.3 is 15.8 Å². The molecule has 0 radical (unpaired) electrons. The second-order valence-electron chi connectivity index (χ2n) is 6.00. The highest BCUT2D eigenvalue weighted by Gasteiger charge is 2.20. The van der Waals surface area contributed by atoms with E-state index in [4.69, 9.17) is 10.5 Å². The van der Waals surface area contributed by atoms with Crippen LogP contribution < -0.4 is 11.1 Å². The maximum absolute atomic E-state index is 5.65. The molecule has 0 aliphatic heterocycles. The molecule has 0 spiro atoms. The number of hydrogen-bond acceptors (Lipinski definition) is 3. The van der Waals surface area contributed by atoms with Gasteiger partial charge in [-0.05, 0) is 70.0 Å². The molecule has 1 rings (SSSR count). The molecule has 0 heterocycles. The fourth-order valence-corrected chi connectivity index (χ4v) is 2.55. The largest absolute Gasteiger partial charge is 0.381 e. The SMILES string of the molecule is CCCC(CCN)CCCNCCCOCC1CC1. The molecule has 0 aromatic heterocycles. The molecule has 1 unspecified atom stereocenters. The van der Waals surface area contributed by atoms with E-state index in [0.717, 1.165) is 51.1 Å². The van der Waals surface area contributed by atoms with Crippen molar-refractivity contribution in [3.8, 4) is 0 Å². The molecule has 0 aromatic carbocycles. The Labute approximate surface area is 119 Å². The fourth-order valence-electron chi connectivity index (χ4n) is 2.55. The zero-order chi connectivity index (χ0) is 13.8. The lowest BCUT2D eigenvalue weighted by atomic mass is 9.94. The van der Waals surface area contributed by atoms with Crippen LogP contribution in [-0.4, -0.2) is 32.8 Å². The highest BCUT2D eigenvalue weighted by Crippen LogP contribution is 2.28. The van der Waals surface area contributed by atoms with Gasteiger partial charge in [0.05, 0.1) is 0 Å². The van der Waals surface area contributed by atoms with Crippen molar-refractivity contribution in [1.82, 2.24) is 5.32 Å². The summed E-state index contributed by atoms with van der Waals surface area (Å²) in [5, 5.41) is 3.52. The third-order valence-electron chi connectivity index (χ3n) is 3.93. The van der Waals surface area contributed by atoms with E-state index in [-0.39, 0.29) is 0 Å². The van der Waals surface area contributed by atoms with Crippen LogP contribution >= 0.6 is 0 Å². The first-order valence-electron chi connectivity index (χ1n) is 8.35. The lowest BCUT2D eigenvalue weighted by molar-refractivity contribution is 0.122. The third kappa shape index (κ3) is 10.3. The quantitative estimate of drug-likeness (QED) is 0.477. The van der Waals surface area contributed by atoms with E-state index in [1.54, 1.807) is 0 Å². The molecule has 3 heteroatoms. The first-order valence-corrected chi connectivity index (χ1v) is 8.35. The molecule has 1 atom stereocenters. The van der Waals surface area contributed by atoms with Gasteiger partial charge in [0, 0.05) is 13.2 Å². The van der Waals surface area contributed by atoms with Gasteiger partial charge in [0.2, 0.25) is 0 Å². The van der Waals surface area contributed by atoms with E-state index < -0.39 is 0 Å². The van der Waals surface area contributed by atoms with E-state index in [0.29, 0.717) is 0 Å². The van der Waals surface area contributed by atoms with E-state index in [1.165, 1.54) is 44.9 Å². The average Bonchev–Trinajstić information content (AvgIpc) is 3.21. The van der Waals surface area contributed by atoms with Crippen LogP contribution in [0.2, 0.25) is 0 Å². The average molecular weight is 270 g/mol. The molecule has 114 valence electrons. The fraction of sp³-hybridized carbons (Fsp3) is 1.00. The van der Waals surface area contributed by atoms with Gasteiger partial charge in [-0.25, -0.2) is 0 Å². The lowest BCUT2D eigenvalue weighted by Crippen LogP contribution is -2.19. The monoisotopic (exact) mass is 270 g/mol. The van der Waals surface area contributed by atoms with Gasteiger partial charge in [0.1, 0.15) is 0 Å². The number of nitrogens with two attached hydrogens (primary N) is 1. The summed E-state index contributed by atoms with van der Waals surface area (Å²) < 4.78 is 5.61. The zero-order valence-corrected chi connectivity index (χ0v) is 12.8. The predicted molar refractivity (Wildman–Crippen MR) is 82.3 cm³/mol. The van der Waals surface area contributed by atoms with Gasteiger partial charge in [-0.2, -0.15) is 0 Å². The minimum absolute atomic E-state index is 0.844. The highest BCUT2D eigenvalue weighted by atomic mass is 16.5. The Bertz CT molecular complexity index is 189. The van der Waals surface area contributed by atoms with E-state index in [1.807, 2.05) is 0 Å². The summed E-state index contributed by atoms with van der Waals surface area (Å²) in [4.78, 5) is 0. The van der Waals surface area contributed by atoms with Crippen LogP contribution in [0.25, 0.3) is 0 Å². The van der Waals surface area contributed by atoms with Gasteiger partial charge in [-0.3, -0.25) is 0 Å². The Hall–Kier alpha value is -0.120. The maximum atomic E-state index is 5.65. The third-order valence-corrected chi connectivity index (χ3v) is 3.93. The summed E-state index contributed by atoms with van der Waals surface area (Å²) >= 11 is 0. The van der Waals surface area contributed by atoms with E-state index in [2.05, 4.69) is 12.2 Å². The first-order chi connectivity index (χ1) is 9.36. The van der Waals surface area contributed by atoms with Crippen LogP contribution in [-0.2, 0) is 4.74 Å². The molecule has 0 saturated heterocycles. The molecule has 1 saturated carbocycles. The second kappa shape index (κ2) is 11.7. The summed E-state index contributed by atoms with van der Waals surface area (Å²) in [7, 11) is 0. The lowest BCUT2D eigenvalue weighted by Gasteiger charge is -2.15. The molecule has 0 aromatic rings. The van der Waals surface area contributed by atoms with Gasteiger partial charge >= 0.3 is 0 Å². The summed E-state index contributed by atoms with van der Waals surface area (Å²) in [6.45, 7) is 7.28. The standard InChI is InChI=1S/C16H34N2O/c1-2-5-15(9-10-17)6-3-11-18-12-4-13-19-14-16-7-8-16/h15-16,18H,2-14,17H2,1H3. The van der Waals surface area contributed by atoms with Crippen molar-refractivity contribution in [3.05, 3.63) is 0 Å². The van der Waals surface area contributed by atoms with Crippen LogP contribution in [0.5, 0.6) is 0 Å². The van der Waals surface area contributed by atoms with Crippen LogP contribution in [0, 0.1) is 11.8 Å². The first kappa shape index (κ1) is 16.9. The van der Waals surface area contributed by atoms with Crippen molar-refractivity contribution < 1.29 is 4.74 Å². The Morgan fingerprint density at radius 3 is 2.63 bits per heavy atom. The van der Waals surface area contributed by atoms with Crippen LogP contribution in [0.3, 0.4) is 0 Å². The maximum Gasteiger partial charge on any atom is 0.0494 e. The molecule has 0 bridgehead atoms. The number of ether oxygens (including phenoxy) is 1. The van der Waals surface area contributed by atoms with Crippen molar-refractivity contribution in [2.24, 2.45) is 17.6 Å². The van der Waals surface area contributed by atoms with Crippen LogP contribution in [0.4, 0.5) is 0 Å². The Morgan fingerprint density at radius 1 is 1.16 bits per heavy atom. The van der Waals surface area contributed by atoms with E-state index >= 15 is 0 Å². The van der Waals surface area contributed by atoms with Gasteiger partial charge in [0.25, 0.3) is 0 Å². The van der Waals surface area contributed by atoms with Crippen molar-refractivity contribution in [2.75, 3.05) is 32.8 Å². The van der Waals surface area contributed by atoms with E-state index in [9.17, 15) is 0 Å².